The lowest BCUT2D eigenvalue weighted by molar-refractivity contribution is -0.384. The van der Waals surface area contributed by atoms with Gasteiger partial charge in [0.2, 0.25) is 0 Å². The van der Waals surface area contributed by atoms with Gasteiger partial charge >= 0.3 is 0 Å². The zero-order valence-electron chi connectivity index (χ0n) is 9.39. The number of hydrogen-bond donors (Lipinski definition) is 0. The van der Waals surface area contributed by atoms with Crippen LogP contribution < -0.4 is 0 Å². The van der Waals surface area contributed by atoms with Crippen molar-refractivity contribution in [2.45, 2.75) is 0 Å². The maximum absolute atomic E-state index is 10.8. The quantitative estimate of drug-likeness (QED) is 0.394. The number of nitro groups is 1. The van der Waals surface area contributed by atoms with E-state index in [2.05, 4.69) is 37.7 Å². The van der Waals surface area contributed by atoms with Crippen LogP contribution >= 0.6 is 22.6 Å². The number of non-ortho nitro benzene ring substituents is 1. The van der Waals surface area contributed by atoms with Gasteiger partial charge in [-0.1, -0.05) is 0 Å². The molecule has 0 aliphatic carbocycles. The summed E-state index contributed by atoms with van der Waals surface area (Å²) in [6.07, 6.45) is 4.73. The second-order valence-corrected chi connectivity index (χ2v) is 4.91. The summed E-state index contributed by atoms with van der Waals surface area (Å²) in [6, 6.07) is 4.62. The second-order valence-electron chi connectivity index (χ2n) is 3.75. The monoisotopic (exact) mass is 367 g/mol. The molecule has 0 fully saturated rings. The van der Waals surface area contributed by atoms with E-state index in [0.29, 0.717) is 11.3 Å². The minimum absolute atomic E-state index is 0.0262. The number of nitrogens with zero attached hydrogens (tertiary/aromatic N) is 5. The van der Waals surface area contributed by atoms with Crippen molar-refractivity contribution in [2.24, 2.45) is 0 Å². The van der Waals surface area contributed by atoms with Crippen LogP contribution in [0.15, 0.2) is 36.9 Å². The Morgan fingerprint density at radius 1 is 1.32 bits per heavy atom. The van der Waals surface area contributed by atoms with Gasteiger partial charge in [-0.15, -0.1) is 0 Å². The molecule has 0 saturated heterocycles. The summed E-state index contributed by atoms with van der Waals surface area (Å²) in [4.78, 5) is 18.5. The molecule has 19 heavy (non-hydrogen) atoms. The number of aromatic nitrogens is 4. The Bertz CT molecular complexity index is 786. The highest BCUT2D eigenvalue weighted by molar-refractivity contribution is 14.1. The Kier molecular flexibility index (Phi) is 2.85. The highest BCUT2D eigenvalue weighted by Crippen LogP contribution is 2.23. The molecule has 0 atom stereocenters. The number of rotatable bonds is 2. The molecule has 7 nitrogen and oxygen atoms in total. The lowest BCUT2D eigenvalue weighted by atomic mass is 10.2. The minimum Gasteiger partial charge on any atom is -0.258 e. The van der Waals surface area contributed by atoms with E-state index in [1.165, 1.54) is 18.5 Å². The Morgan fingerprint density at radius 2 is 2.16 bits per heavy atom. The summed E-state index contributed by atoms with van der Waals surface area (Å²) >= 11 is 2.10. The van der Waals surface area contributed by atoms with E-state index in [1.807, 2.05) is 0 Å². The predicted molar refractivity (Wildman–Crippen MR) is 76.0 cm³/mol. The third-order valence-corrected chi connectivity index (χ3v) is 3.38. The predicted octanol–water partition coefficient (Wildman–Crippen LogP) is 2.33. The van der Waals surface area contributed by atoms with Gasteiger partial charge in [0.1, 0.15) is 6.33 Å². The third-order valence-electron chi connectivity index (χ3n) is 2.61. The van der Waals surface area contributed by atoms with Crippen LogP contribution in [0.1, 0.15) is 0 Å². The fraction of sp³-hybridized carbons (Fsp3) is 0. The first-order valence-electron chi connectivity index (χ1n) is 5.25. The molecular weight excluding hydrogens is 361 g/mol. The Morgan fingerprint density at radius 3 is 2.89 bits per heavy atom. The van der Waals surface area contributed by atoms with Crippen molar-refractivity contribution < 1.29 is 4.92 Å². The number of nitro benzene ring substituents is 1. The minimum atomic E-state index is -0.429. The van der Waals surface area contributed by atoms with E-state index in [4.69, 9.17) is 0 Å². The average molecular weight is 367 g/mol. The lowest BCUT2D eigenvalue weighted by Gasteiger charge is -2.03. The van der Waals surface area contributed by atoms with E-state index in [-0.39, 0.29) is 5.69 Å². The topological polar surface area (TPSA) is 86.7 Å². The zero-order chi connectivity index (χ0) is 13.4. The Balaban J connectivity index is 2.27. The summed E-state index contributed by atoms with van der Waals surface area (Å²) in [5, 5.41) is 15.9. The van der Waals surface area contributed by atoms with Gasteiger partial charge in [0, 0.05) is 23.7 Å². The van der Waals surface area contributed by atoms with Crippen molar-refractivity contribution in [2.75, 3.05) is 0 Å². The maximum atomic E-state index is 10.8. The molecule has 0 aliphatic rings. The summed E-state index contributed by atoms with van der Waals surface area (Å²) in [5.41, 5.74) is 0.670. The number of benzene rings is 1. The molecule has 0 bridgehead atoms. The van der Waals surface area contributed by atoms with Crippen LogP contribution in [0.2, 0.25) is 0 Å². The fourth-order valence-electron chi connectivity index (χ4n) is 1.75. The van der Waals surface area contributed by atoms with Crippen LogP contribution in [0.5, 0.6) is 0 Å². The average Bonchev–Trinajstić information content (AvgIpc) is 2.82. The normalized spacial score (nSPS) is 10.8. The van der Waals surface area contributed by atoms with Crippen LogP contribution in [-0.2, 0) is 0 Å². The third kappa shape index (κ3) is 2.03. The first kappa shape index (κ1) is 12.0. The van der Waals surface area contributed by atoms with Crippen molar-refractivity contribution in [3.05, 3.63) is 50.6 Å². The molecule has 1 aromatic carbocycles. The molecule has 0 N–H and O–H groups in total. The maximum Gasteiger partial charge on any atom is 0.271 e. The summed E-state index contributed by atoms with van der Waals surface area (Å²) < 4.78 is 2.39. The first-order valence-corrected chi connectivity index (χ1v) is 6.33. The number of fused-ring (bicyclic) bond motifs is 1. The van der Waals surface area contributed by atoms with Crippen molar-refractivity contribution >= 4 is 39.2 Å². The van der Waals surface area contributed by atoms with Crippen molar-refractivity contribution in [1.29, 1.82) is 0 Å². The van der Waals surface area contributed by atoms with Crippen molar-refractivity contribution in [3.63, 3.8) is 0 Å². The molecule has 3 rings (SSSR count). The van der Waals surface area contributed by atoms with E-state index in [0.717, 1.165) is 8.96 Å². The van der Waals surface area contributed by atoms with Gasteiger partial charge < -0.3 is 0 Å². The standard InChI is InChI=1S/C11H6IN5O2/c12-9-5-13-6-14-11(9)16-10-3-8(17(18)19)2-1-7(10)4-15-16/h1-6H. The second kappa shape index (κ2) is 4.53. The molecule has 0 radical (unpaired) electrons. The smallest absolute Gasteiger partial charge is 0.258 e. The van der Waals surface area contributed by atoms with Crippen LogP contribution in [0.3, 0.4) is 0 Å². The van der Waals surface area contributed by atoms with Gasteiger partial charge in [0.05, 0.1) is 20.2 Å². The molecule has 0 saturated carbocycles. The Hall–Kier alpha value is -2.10. The van der Waals surface area contributed by atoms with Crippen molar-refractivity contribution in [1.82, 2.24) is 19.7 Å². The SMILES string of the molecule is O=[N+]([O-])c1ccc2cnn(-c3ncncc3I)c2c1. The molecular formula is C11H6IN5O2. The van der Waals surface area contributed by atoms with Crippen LogP contribution in [0.4, 0.5) is 5.69 Å². The van der Waals surface area contributed by atoms with E-state index in [1.54, 1.807) is 23.1 Å². The van der Waals surface area contributed by atoms with E-state index < -0.39 is 4.92 Å². The summed E-state index contributed by atoms with van der Waals surface area (Å²) in [6.45, 7) is 0. The van der Waals surface area contributed by atoms with Gasteiger partial charge in [0.25, 0.3) is 5.69 Å². The van der Waals surface area contributed by atoms with Crippen LogP contribution in [0, 0.1) is 13.7 Å². The fourth-order valence-corrected chi connectivity index (χ4v) is 2.28. The van der Waals surface area contributed by atoms with Gasteiger partial charge in [-0.3, -0.25) is 10.1 Å². The lowest BCUT2D eigenvalue weighted by Crippen LogP contribution is -2.02. The highest BCUT2D eigenvalue weighted by Gasteiger charge is 2.13. The molecule has 3 aromatic rings. The molecule has 8 heteroatoms. The van der Waals surface area contributed by atoms with E-state index in [9.17, 15) is 10.1 Å². The summed E-state index contributed by atoms with van der Waals surface area (Å²) in [7, 11) is 0. The number of halogens is 1. The molecule has 0 unspecified atom stereocenters. The summed E-state index contributed by atoms with van der Waals surface area (Å²) in [5.74, 6) is 0.603. The van der Waals surface area contributed by atoms with Crippen LogP contribution in [-0.4, -0.2) is 24.7 Å². The molecule has 2 aromatic heterocycles. The molecule has 2 heterocycles. The molecule has 0 amide bonds. The molecule has 94 valence electrons. The first-order chi connectivity index (χ1) is 9.16. The van der Waals surface area contributed by atoms with Gasteiger partial charge in [-0.05, 0) is 28.7 Å². The largest absolute Gasteiger partial charge is 0.271 e. The van der Waals surface area contributed by atoms with Crippen molar-refractivity contribution in [3.8, 4) is 5.82 Å². The molecule has 0 aliphatic heterocycles. The van der Waals surface area contributed by atoms with Gasteiger partial charge in [-0.2, -0.15) is 5.10 Å². The zero-order valence-corrected chi connectivity index (χ0v) is 11.6. The van der Waals surface area contributed by atoms with Crippen LogP contribution in [0.25, 0.3) is 16.7 Å². The van der Waals surface area contributed by atoms with Gasteiger partial charge in [-0.25, -0.2) is 14.6 Å². The number of hydrogen-bond acceptors (Lipinski definition) is 5. The Labute approximate surface area is 120 Å². The molecule has 0 spiro atoms. The van der Waals surface area contributed by atoms with E-state index >= 15 is 0 Å². The van der Waals surface area contributed by atoms with Gasteiger partial charge in [0.15, 0.2) is 5.82 Å². The highest BCUT2D eigenvalue weighted by atomic mass is 127.